The second kappa shape index (κ2) is 5.91. The van der Waals surface area contributed by atoms with Crippen LogP contribution in [0.3, 0.4) is 0 Å². The lowest BCUT2D eigenvalue weighted by molar-refractivity contribution is 0.509. The molecular weight excluding hydrogens is 244 g/mol. The highest BCUT2D eigenvalue weighted by molar-refractivity contribution is 7.80. The minimum atomic E-state index is 0.708. The molecule has 2 heterocycles. The highest BCUT2D eigenvalue weighted by atomic mass is 32.1. The molecule has 0 amide bonds. The maximum absolute atomic E-state index is 5.30. The number of rotatable bonds is 2. The summed E-state index contributed by atoms with van der Waals surface area (Å²) in [6, 6.07) is 5.90. The topological polar surface area (TPSA) is 40.5 Å². The lowest BCUT2D eigenvalue weighted by Gasteiger charge is -2.17. The van der Waals surface area contributed by atoms with Crippen molar-refractivity contribution in [2.45, 2.75) is 26.7 Å². The fraction of sp³-hybridized carbons (Fsp3) is 0.462. The van der Waals surface area contributed by atoms with Crippen LogP contribution in [0, 0.1) is 6.92 Å². The van der Waals surface area contributed by atoms with Crippen molar-refractivity contribution in [2.24, 2.45) is 5.10 Å². The van der Waals surface area contributed by atoms with Crippen molar-refractivity contribution in [1.29, 1.82) is 0 Å². The average molecular weight is 262 g/mol. The number of hydrazone groups is 1. The van der Waals surface area contributed by atoms with Gasteiger partial charge in [-0.05, 0) is 51.0 Å². The summed E-state index contributed by atoms with van der Waals surface area (Å²) in [5, 5.41) is 5.01. The average Bonchev–Trinajstić information content (AvgIpc) is 2.89. The Balaban J connectivity index is 1.98. The van der Waals surface area contributed by atoms with Crippen molar-refractivity contribution in [2.75, 3.05) is 13.1 Å². The number of pyridine rings is 1. The van der Waals surface area contributed by atoms with Gasteiger partial charge >= 0.3 is 0 Å². The third-order valence-corrected chi connectivity index (χ3v) is 3.32. The minimum absolute atomic E-state index is 0.708. The summed E-state index contributed by atoms with van der Waals surface area (Å²) >= 11 is 5.30. The molecule has 1 N–H and O–H groups in total. The number of hydrogen-bond donors (Lipinski definition) is 1. The molecular formula is C13H18N4S. The fourth-order valence-corrected chi connectivity index (χ4v) is 2.15. The van der Waals surface area contributed by atoms with E-state index in [1.54, 1.807) is 0 Å². The molecule has 18 heavy (non-hydrogen) atoms. The van der Waals surface area contributed by atoms with E-state index in [1.165, 1.54) is 12.8 Å². The van der Waals surface area contributed by atoms with Crippen molar-refractivity contribution in [3.05, 3.63) is 29.6 Å². The van der Waals surface area contributed by atoms with Crippen LogP contribution < -0.4 is 5.43 Å². The molecule has 0 saturated carbocycles. The maximum Gasteiger partial charge on any atom is 0.189 e. The molecule has 4 nitrogen and oxygen atoms in total. The number of aromatic nitrogens is 1. The maximum atomic E-state index is 5.30. The number of nitrogens with one attached hydrogen (secondary N) is 1. The summed E-state index contributed by atoms with van der Waals surface area (Å²) in [5.74, 6) is 0. The van der Waals surface area contributed by atoms with Gasteiger partial charge in [-0.3, -0.25) is 10.4 Å². The van der Waals surface area contributed by atoms with E-state index in [0.717, 1.165) is 30.2 Å². The Kier molecular flexibility index (Phi) is 4.25. The predicted octanol–water partition coefficient (Wildman–Crippen LogP) is 2.08. The number of hydrogen-bond acceptors (Lipinski definition) is 3. The highest BCUT2D eigenvalue weighted by Crippen LogP contribution is 2.07. The van der Waals surface area contributed by atoms with Crippen LogP contribution in [0.5, 0.6) is 0 Å². The van der Waals surface area contributed by atoms with Crippen molar-refractivity contribution >= 4 is 23.0 Å². The van der Waals surface area contributed by atoms with E-state index in [4.69, 9.17) is 12.2 Å². The zero-order valence-corrected chi connectivity index (χ0v) is 11.6. The van der Waals surface area contributed by atoms with Gasteiger partial charge < -0.3 is 4.90 Å². The van der Waals surface area contributed by atoms with E-state index in [1.807, 2.05) is 32.0 Å². The van der Waals surface area contributed by atoms with E-state index < -0.39 is 0 Å². The zero-order chi connectivity index (χ0) is 13.0. The Morgan fingerprint density at radius 1 is 1.39 bits per heavy atom. The number of thiocarbonyl (C=S) groups is 1. The van der Waals surface area contributed by atoms with Crippen LogP contribution in [0.2, 0.25) is 0 Å². The molecule has 0 aliphatic carbocycles. The van der Waals surface area contributed by atoms with Crippen molar-refractivity contribution in [3.8, 4) is 0 Å². The third kappa shape index (κ3) is 3.26. The van der Waals surface area contributed by atoms with Crippen LogP contribution in [-0.4, -0.2) is 33.8 Å². The number of nitrogens with zero attached hydrogens (tertiary/aromatic N) is 3. The van der Waals surface area contributed by atoms with E-state index in [0.29, 0.717) is 5.11 Å². The first-order valence-corrected chi connectivity index (χ1v) is 6.61. The second-order valence-electron chi connectivity index (χ2n) is 4.47. The van der Waals surface area contributed by atoms with Gasteiger partial charge in [0, 0.05) is 18.8 Å². The third-order valence-electron chi connectivity index (χ3n) is 2.97. The quantitative estimate of drug-likeness (QED) is 0.503. The summed E-state index contributed by atoms with van der Waals surface area (Å²) in [6.07, 6.45) is 2.42. The first-order valence-electron chi connectivity index (χ1n) is 6.20. The van der Waals surface area contributed by atoms with Crippen LogP contribution in [0.4, 0.5) is 0 Å². The van der Waals surface area contributed by atoms with Gasteiger partial charge in [0.05, 0.1) is 11.4 Å². The summed E-state index contributed by atoms with van der Waals surface area (Å²) in [6.45, 7) is 5.96. The minimum Gasteiger partial charge on any atom is -0.348 e. The van der Waals surface area contributed by atoms with Crippen molar-refractivity contribution in [3.63, 3.8) is 0 Å². The van der Waals surface area contributed by atoms with Gasteiger partial charge in [0.15, 0.2) is 5.11 Å². The Morgan fingerprint density at radius 2 is 2.11 bits per heavy atom. The van der Waals surface area contributed by atoms with E-state index in [-0.39, 0.29) is 0 Å². The zero-order valence-electron chi connectivity index (χ0n) is 10.8. The predicted molar refractivity (Wildman–Crippen MR) is 77.7 cm³/mol. The van der Waals surface area contributed by atoms with Crippen LogP contribution >= 0.6 is 12.2 Å². The van der Waals surface area contributed by atoms with Crippen LogP contribution in [0.15, 0.2) is 23.3 Å². The SMILES string of the molecule is C/C(=N\NC(=S)N1CCCC1)c1cccc(C)n1. The van der Waals surface area contributed by atoms with E-state index in [9.17, 15) is 0 Å². The fourth-order valence-electron chi connectivity index (χ4n) is 1.92. The first kappa shape index (κ1) is 13.0. The molecule has 1 aromatic rings. The number of likely N-dealkylation sites (tertiary alicyclic amines) is 1. The molecule has 0 atom stereocenters. The van der Waals surface area contributed by atoms with Gasteiger partial charge in [0.2, 0.25) is 0 Å². The lowest BCUT2D eigenvalue weighted by atomic mass is 10.2. The highest BCUT2D eigenvalue weighted by Gasteiger charge is 2.14. The molecule has 1 aliphatic heterocycles. The smallest absolute Gasteiger partial charge is 0.189 e. The molecule has 1 aromatic heterocycles. The molecule has 0 radical (unpaired) electrons. The molecule has 5 heteroatoms. The summed E-state index contributed by atoms with van der Waals surface area (Å²) in [4.78, 5) is 6.57. The Bertz CT molecular complexity index is 464. The van der Waals surface area contributed by atoms with Gasteiger partial charge in [-0.2, -0.15) is 5.10 Å². The van der Waals surface area contributed by atoms with E-state index in [2.05, 4.69) is 20.4 Å². The van der Waals surface area contributed by atoms with Crippen molar-refractivity contribution < 1.29 is 0 Å². The van der Waals surface area contributed by atoms with Gasteiger partial charge in [-0.15, -0.1) is 0 Å². The van der Waals surface area contributed by atoms with Crippen LogP contribution in [0.25, 0.3) is 0 Å². The number of aryl methyl sites for hydroxylation is 1. The summed E-state index contributed by atoms with van der Waals surface area (Å²) in [7, 11) is 0. The molecule has 2 rings (SSSR count). The van der Waals surface area contributed by atoms with E-state index >= 15 is 0 Å². The van der Waals surface area contributed by atoms with Gasteiger partial charge in [0.1, 0.15) is 0 Å². The standard InChI is InChI=1S/C13H18N4S/c1-10-6-5-7-12(14-10)11(2)15-16-13(18)17-8-3-4-9-17/h5-7H,3-4,8-9H2,1-2H3,(H,16,18)/b15-11+. The first-order chi connectivity index (χ1) is 8.66. The second-order valence-corrected chi connectivity index (χ2v) is 4.86. The monoisotopic (exact) mass is 262 g/mol. The summed E-state index contributed by atoms with van der Waals surface area (Å²) < 4.78 is 0. The Labute approximate surface area is 113 Å². The largest absolute Gasteiger partial charge is 0.348 e. The van der Waals surface area contributed by atoms with Gasteiger partial charge in [-0.1, -0.05) is 6.07 Å². The normalized spacial score (nSPS) is 15.9. The Hall–Kier alpha value is -1.49. The van der Waals surface area contributed by atoms with Crippen LogP contribution in [-0.2, 0) is 0 Å². The molecule has 96 valence electrons. The molecule has 0 unspecified atom stereocenters. The van der Waals surface area contributed by atoms with Crippen molar-refractivity contribution in [1.82, 2.24) is 15.3 Å². The Morgan fingerprint density at radius 3 is 2.78 bits per heavy atom. The molecule has 0 aromatic carbocycles. The van der Waals surface area contributed by atoms with Crippen LogP contribution in [0.1, 0.15) is 31.2 Å². The molecule has 0 bridgehead atoms. The molecule has 1 saturated heterocycles. The summed E-state index contributed by atoms with van der Waals surface area (Å²) in [5.41, 5.74) is 5.67. The lowest BCUT2D eigenvalue weighted by Crippen LogP contribution is -2.35. The molecule has 0 spiro atoms. The molecule has 1 fully saturated rings. The molecule has 1 aliphatic rings. The van der Waals surface area contributed by atoms with Gasteiger partial charge in [0.25, 0.3) is 0 Å². The van der Waals surface area contributed by atoms with Gasteiger partial charge in [-0.25, -0.2) is 0 Å².